The summed E-state index contributed by atoms with van der Waals surface area (Å²) in [6, 6.07) is 22.8. The zero-order chi connectivity index (χ0) is 19.1. The maximum absolute atomic E-state index is 12.0. The van der Waals surface area contributed by atoms with Gasteiger partial charge in [-0.15, -0.1) is 0 Å². The van der Waals surface area contributed by atoms with E-state index in [1.807, 2.05) is 74.5 Å². The van der Waals surface area contributed by atoms with E-state index in [4.69, 9.17) is 14.2 Å². The van der Waals surface area contributed by atoms with E-state index in [2.05, 4.69) is 0 Å². The number of ether oxygens (including phenoxy) is 3. The molecule has 138 valence electrons. The van der Waals surface area contributed by atoms with Crippen LogP contribution in [0.25, 0.3) is 0 Å². The molecule has 0 atom stereocenters. The lowest BCUT2D eigenvalue weighted by atomic mass is 10.1. The molecule has 3 rings (SSSR count). The molecule has 0 fully saturated rings. The lowest BCUT2D eigenvalue weighted by molar-refractivity contribution is -0.136. The third-order valence-corrected chi connectivity index (χ3v) is 3.86. The summed E-state index contributed by atoms with van der Waals surface area (Å²) in [4.78, 5) is 12.0. The summed E-state index contributed by atoms with van der Waals surface area (Å²) in [5.41, 5.74) is 3.20. The van der Waals surface area contributed by atoms with Gasteiger partial charge in [0.1, 0.15) is 23.9 Å². The van der Waals surface area contributed by atoms with Gasteiger partial charge in [-0.25, -0.2) is 4.79 Å². The van der Waals surface area contributed by atoms with Gasteiger partial charge in [0.15, 0.2) is 6.61 Å². The lowest BCUT2D eigenvalue weighted by Crippen LogP contribution is -2.17. The van der Waals surface area contributed by atoms with Gasteiger partial charge in [-0.3, -0.25) is 0 Å². The highest BCUT2D eigenvalue weighted by atomic mass is 16.6. The van der Waals surface area contributed by atoms with Crippen LogP contribution >= 0.6 is 0 Å². The molecule has 0 N–H and O–H groups in total. The van der Waals surface area contributed by atoms with Crippen LogP contribution in [0.15, 0.2) is 72.8 Å². The van der Waals surface area contributed by atoms with Crippen LogP contribution in [0.5, 0.6) is 17.2 Å². The molecule has 0 radical (unpaired) electrons. The number of rotatable bonds is 7. The minimum Gasteiger partial charge on any atom is -0.489 e. The predicted octanol–water partition coefficient (Wildman–Crippen LogP) is 4.87. The van der Waals surface area contributed by atoms with Crippen molar-refractivity contribution in [2.45, 2.75) is 20.5 Å². The summed E-state index contributed by atoms with van der Waals surface area (Å²) in [5.74, 6) is 1.42. The second-order valence-electron chi connectivity index (χ2n) is 6.33. The van der Waals surface area contributed by atoms with Crippen LogP contribution in [0.1, 0.15) is 16.7 Å². The minimum atomic E-state index is -0.440. The highest BCUT2D eigenvalue weighted by molar-refractivity contribution is 5.74. The van der Waals surface area contributed by atoms with Crippen LogP contribution in [-0.2, 0) is 11.4 Å². The SMILES string of the molecule is Cc1cc(C)cc(OC(=O)COc2ccc(OCc3ccccc3)cc2)c1. The van der Waals surface area contributed by atoms with Gasteiger partial charge in [0.05, 0.1) is 0 Å². The molecule has 3 aromatic rings. The van der Waals surface area contributed by atoms with Crippen molar-refractivity contribution in [1.29, 1.82) is 0 Å². The zero-order valence-electron chi connectivity index (χ0n) is 15.5. The largest absolute Gasteiger partial charge is 0.489 e. The van der Waals surface area contributed by atoms with Gasteiger partial charge in [0, 0.05) is 0 Å². The second kappa shape index (κ2) is 8.90. The maximum Gasteiger partial charge on any atom is 0.349 e. The molecule has 0 aliphatic carbocycles. The number of esters is 1. The molecule has 0 heterocycles. The van der Waals surface area contributed by atoms with Crippen LogP contribution in [-0.4, -0.2) is 12.6 Å². The number of hydrogen-bond donors (Lipinski definition) is 0. The van der Waals surface area contributed by atoms with E-state index >= 15 is 0 Å². The molecule has 0 saturated heterocycles. The van der Waals surface area contributed by atoms with Crippen molar-refractivity contribution in [3.63, 3.8) is 0 Å². The number of carbonyl (C=O) groups is 1. The van der Waals surface area contributed by atoms with Crippen molar-refractivity contribution in [2.75, 3.05) is 6.61 Å². The Labute approximate surface area is 159 Å². The Balaban J connectivity index is 1.47. The van der Waals surface area contributed by atoms with Crippen LogP contribution < -0.4 is 14.2 Å². The lowest BCUT2D eigenvalue weighted by Gasteiger charge is -2.09. The molecule has 0 aliphatic rings. The molecule has 0 bridgehead atoms. The van der Waals surface area contributed by atoms with Crippen molar-refractivity contribution < 1.29 is 19.0 Å². The van der Waals surface area contributed by atoms with E-state index in [-0.39, 0.29) is 6.61 Å². The van der Waals surface area contributed by atoms with Gasteiger partial charge in [-0.05, 0) is 66.9 Å². The van der Waals surface area contributed by atoms with E-state index in [1.165, 1.54) is 0 Å². The Morgan fingerprint density at radius 1 is 0.741 bits per heavy atom. The van der Waals surface area contributed by atoms with Crippen LogP contribution in [0, 0.1) is 13.8 Å². The summed E-state index contributed by atoms with van der Waals surface area (Å²) < 4.78 is 16.5. The second-order valence-corrected chi connectivity index (χ2v) is 6.33. The summed E-state index contributed by atoms with van der Waals surface area (Å²) in [6.07, 6.45) is 0. The molecular weight excluding hydrogens is 340 g/mol. The Morgan fingerprint density at radius 3 is 1.96 bits per heavy atom. The van der Waals surface area contributed by atoms with Gasteiger partial charge in [-0.2, -0.15) is 0 Å². The Hall–Kier alpha value is -3.27. The Bertz CT molecular complexity index is 866. The fraction of sp³-hybridized carbons (Fsp3) is 0.174. The standard InChI is InChI=1S/C23H22O4/c1-17-12-18(2)14-22(13-17)27-23(24)16-26-21-10-8-20(9-11-21)25-15-19-6-4-3-5-7-19/h3-14H,15-16H2,1-2H3. The number of hydrogen-bond acceptors (Lipinski definition) is 4. The molecule has 0 aliphatic heterocycles. The highest BCUT2D eigenvalue weighted by Crippen LogP contribution is 2.19. The minimum absolute atomic E-state index is 0.156. The fourth-order valence-electron chi connectivity index (χ4n) is 2.67. The van der Waals surface area contributed by atoms with Gasteiger partial charge in [0.25, 0.3) is 0 Å². The van der Waals surface area contributed by atoms with Crippen molar-refractivity contribution in [3.05, 3.63) is 89.5 Å². The summed E-state index contributed by atoms with van der Waals surface area (Å²) in [5, 5.41) is 0. The molecule has 0 aromatic heterocycles. The molecule has 0 spiro atoms. The number of aryl methyl sites for hydroxylation is 2. The van der Waals surface area contributed by atoms with Crippen LogP contribution in [0.3, 0.4) is 0 Å². The smallest absolute Gasteiger partial charge is 0.349 e. The highest BCUT2D eigenvalue weighted by Gasteiger charge is 2.07. The van der Waals surface area contributed by atoms with E-state index in [9.17, 15) is 4.79 Å². The first kappa shape index (κ1) is 18.5. The van der Waals surface area contributed by atoms with E-state index in [0.29, 0.717) is 18.1 Å². The van der Waals surface area contributed by atoms with Crippen molar-refractivity contribution in [2.24, 2.45) is 0 Å². The fourth-order valence-corrected chi connectivity index (χ4v) is 2.67. The predicted molar refractivity (Wildman–Crippen MR) is 104 cm³/mol. The molecule has 0 unspecified atom stereocenters. The van der Waals surface area contributed by atoms with Gasteiger partial charge >= 0.3 is 5.97 Å². The van der Waals surface area contributed by atoms with Gasteiger partial charge in [0.2, 0.25) is 0 Å². The number of carbonyl (C=O) groups excluding carboxylic acids is 1. The summed E-state index contributed by atoms with van der Waals surface area (Å²) in [7, 11) is 0. The quantitative estimate of drug-likeness (QED) is 0.444. The first-order valence-corrected chi connectivity index (χ1v) is 8.77. The molecule has 4 heteroatoms. The maximum atomic E-state index is 12.0. The van der Waals surface area contributed by atoms with Crippen molar-refractivity contribution >= 4 is 5.97 Å². The summed E-state index contributed by atoms with van der Waals surface area (Å²) in [6.45, 7) is 4.27. The van der Waals surface area contributed by atoms with E-state index < -0.39 is 5.97 Å². The molecule has 4 nitrogen and oxygen atoms in total. The molecular formula is C23H22O4. The first-order valence-electron chi connectivity index (χ1n) is 8.77. The van der Waals surface area contributed by atoms with Crippen LogP contribution in [0.2, 0.25) is 0 Å². The molecule has 3 aromatic carbocycles. The summed E-state index contributed by atoms with van der Waals surface area (Å²) >= 11 is 0. The van der Waals surface area contributed by atoms with E-state index in [1.54, 1.807) is 12.1 Å². The third-order valence-electron chi connectivity index (χ3n) is 3.86. The van der Waals surface area contributed by atoms with Crippen molar-refractivity contribution in [1.82, 2.24) is 0 Å². The van der Waals surface area contributed by atoms with Crippen molar-refractivity contribution in [3.8, 4) is 17.2 Å². The topological polar surface area (TPSA) is 44.8 Å². The van der Waals surface area contributed by atoms with Gasteiger partial charge < -0.3 is 14.2 Å². The molecule has 0 saturated carbocycles. The molecule has 27 heavy (non-hydrogen) atoms. The number of benzene rings is 3. The van der Waals surface area contributed by atoms with E-state index in [0.717, 1.165) is 22.4 Å². The Morgan fingerprint density at radius 2 is 1.33 bits per heavy atom. The third kappa shape index (κ3) is 5.89. The van der Waals surface area contributed by atoms with Crippen LogP contribution in [0.4, 0.5) is 0 Å². The average Bonchev–Trinajstić information content (AvgIpc) is 2.65. The average molecular weight is 362 g/mol. The zero-order valence-corrected chi connectivity index (χ0v) is 15.5. The monoisotopic (exact) mass is 362 g/mol. The Kier molecular flexibility index (Phi) is 6.10. The normalized spacial score (nSPS) is 10.3. The van der Waals surface area contributed by atoms with Gasteiger partial charge in [-0.1, -0.05) is 36.4 Å². The molecule has 0 amide bonds. The first-order chi connectivity index (χ1) is 13.1.